The van der Waals surface area contributed by atoms with Crippen molar-refractivity contribution in [3.63, 3.8) is 0 Å². The van der Waals surface area contributed by atoms with E-state index < -0.39 is 10.0 Å². The molecule has 6 nitrogen and oxygen atoms in total. The maximum Gasteiger partial charge on any atom is 0.246 e. The number of hydrogen-bond donors (Lipinski definition) is 1. The minimum absolute atomic E-state index is 0.0245. The Labute approximate surface area is 167 Å². The highest BCUT2D eigenvalue weighted by Crippen LogP contribution is 2.32. The molecule has 0 unspecified atom stereocenters. The van der Waals surface area contributed by atoms with Gasteiger partial charge in [0.05, 0.1) is 12.5 Å². The van der Waals surface area contributed by atoms with Gasteiger partial charge in [-0.05, 0) is 43.4 Å². The van der Waals surface area contributed by atoms with E-state index in [4.69, 9.17) is 16.3 Å². The molecule has 0 aliphatic carbocycles. The minimum Gasteiger partial charge on any atom is -0.492 e. The van der Waals surface area contributed by atoms with Gasteiger partial charge in [0.15, 0.2) is 0 Å². The quantitative estimate of drug-likeness (QED) is 0.771. The molecule has 27 heavy (non-hydrogen) atoms. The number of ether oxygens (including phenoxy) is 1. The van der Waals surface area contributed by atoms with Gasteiger partial charge in [0.25, 0.3) is 0 Å². The van der Waals surface area contributed by atoms with Crippen molar-refractivity contribution in [3.05, 3.63) is 23.2 Å². The van der Waals surface area contributed by atoms with Crippen molar-refractivity contribution >= 4 is 27.5 Å². The van der Waals surface area contributed by atoms with Gasteiger partial charge in [0, 0.05) is 24.7 Å². The van der Waals surface area contributed by atoms with E-state index in [0.717, 1.165) is 0 Å². The van der Waals surface area contributed by atoms with E-state index in [-0.39, 0.29) is 34.4 Å². The van der Waals surface area contributed by atoms with E-state index in [1.165, 1.54) is 10.4 Å². The molecule has 1 atom stereocenters. The summed E-state index contributed by atoms with van der Waals surface area (Å²) in [6, 6.07) is 4.58. The molecule has 0 saturated carbocycles. The fraction of sp³-hybridized carbons (Fsp3) is 0.632. The molecular weight excluding hydrogens is 388 g/mol. The average Bonchev–Trinajstić information content (AvgIpc) is 2.60. The minimum atomic E-state index is -3.80. The molecule has 2 rings (SSSR count). The van der Waals surface area contributed by atoms with E-state index in [1.54, 1.807) is 19.1 Å². The van der Waals surface area contributed by atoms with Gasteiger partial charge in [-0.3, -0.25) is 4.79 Å². The van der Waals surface area contributed by atoms with Crippen LogP contribution in [0.1, 0.15) is 40.5 Å². The molecule has 152 valence electrons. The van der Waals surface area contributed by atoms with Crippen LogP contribution < -0.4 is 10.1 Å². The number of hydrogen-bond acceptors (Lipinski definition) is 4. The van der Waals surface area contributed by atoms with Gasteiger partial charge in [-0.1, -0.05) is 32.4 Å². The van der Waals surface area contributed by atoms with E-state index in [0.29, 0.717) is 37.6 Å². The highest BCUT2D eigenvalue weighted by molar-refractivity contribution is 7.89. The number of nitrogens with one attached hydrogen (secondary N) is 1. The number of carbonyl (C=O) groups is 1. The monoisotopic (exact) mass is 416 g/mol. The Morgan fingerprint density at radius 3 is 2.70 bits per heavy atom. The Hall–Kier alpha value is -1.31. The van der Waals surface area contributed by atoms with Crippen LogP contribution in [0.15, 0.2) is 23.1 Å². The molecule has 0 radical (unpaired) electrons. The number of sulfonamides is 1. The molecule has 1 aromatic carbocycles. The fourth-order valence-corrected chi connectivity index (χ4v) is 4.89. The predicted molar refractivity (Wildman–Crippen MR) is 107 cm³/mol. The van der Waals surface area contributed by atoms with Crippen LogP contribution >= 0.6 is 11.6 Å². The van der Waals surface area contributed by atoms with Crippen LogP contribution in [0, 0.1) is 11.3 Å². The number of rotatable bonds is 6. The molecule has 1 fully saturated rings. The Morgan fingerprint density at radius 1 is 1.37 bits per heavy atom. The number of nitrogens with zero attached hydrogens (tertiary/aromatic N) is 1. The first kappa shape index (κ1) is 22.0. The van der Waals surface area contributed by atoms with E-state index in [2.05, 4.69) is 5.32 Å². The molecule has 1 saturated heterocycles. The first-order chi connectivity index (χ1) is 12.5. The number of benzene rings is 1. The molecule has 8 heteroatoms. The summed E-state index contributed by atoms with van der Waals surface area (Å²) in [7, 11) is -3.80. The van der Waals surface area contributed by atoms with Crippen LogP contribution in [-0.2, 0) is 14.8 Å². The normalized spacial score (nSPS) is 18.9. The van der Waals surface area contributed by atoms with Gasteiger partial charge in [0.1, 0.15) is 10.6 Å². The Balaban J connectivity index is 2.19. The summed E-state index contributed by atoms with van der Waals surface area (Å²) < 4.78 is 33.2. The van der Waals surface area contributed by atoms with Crippen LogP contribution in [0.3, 0.4) is 0 Å². The SMILES string of the molecule is CCOc1ccc(Cl)cc1S(=O)(=O)N1CCC[C@H](C(=O)NCC(C)(C)C)C1. The molecular formula is C19H29ClN2O4S. The third-order valence-electron chi connectivity index (χ3n) is 4.37. The van der Waals surface area contributed by atoms with Crippen LogP contribution in [0.5, 0.6) is 5.75 Å². The summed E-state index contributed by atoms with van der Waals surface area (Å²) in [5, 5.41) is 3.27. The van der Waals surface area contributed by atoms with Crippen molar-refractivity contribution < 1.29 is 17.9 Å². The Morgan fingerprint density at radius 2 is 2.07 bits per heavy atom. The van der Waals surface area contributed by atoms with Crippen molar-refractivity contribution in [1.29, 1.82) is 0 Å². The van der Waals surface area contributed by atoms with Crippen molar-refractivity contribution in [2.24, 2.45) is 11.3 Å². The Kier molecular flexibility index (Phi) is 7.16. The summed E-state index contributed by atoms with van der Waals surface area (Å²) >= 11 is 6.02. The van der Waals surface area contributed by atoms with Crippen LogP contribution in [0.25, 0.3) is 0 Å². The fourth-order valence-electron chi connectivity index (χ4n) is 2.97. The van der Waals surface area contributed by atoms with Crippen molar-refractivity contribution in [2.45, 2.75) is 45.4 Å². The standard InChI is InChI=1S/C19H29ClN2O4S/c1-5-26-16-9-8-15(20)11-17(16)27(24,25)22-10-6-7-14(12-22)18(23)21-13-19(2,3)4/h8-9,11,14H,5-7,10,12-13H2,1-4H3,(H,21,23)/t14-/m0/s1. The van der Waals surface area contributed by atoms with Crippen molar-refractivity contribution in [3.8, 4) is 5.75 Å². The van der Waals surface area contributed by atoms with Gasteiger partial charge in [-0.15, -0.1) is 0 Å². The second kappa shape index (κ2) is 8.80. The second-order valence-electron chi connectivity index (χ2n) is 8.00. The Bertz CT molecular complexity index is 774. The molecule has 1 aliphatic rings. The summed E-state index contributed by atoms with van der Waals surface area (Å²) in [6.07, 6.45) is 1.31. The topological polar surface area (TPSA) is 75.7 Å². The molecule has 0 aromatic heterocycles. The maximum absolute atomic E-state index is 13.2. The van der Waals surface area contributed by atoms with E-state index in [1.807, 2.05) is 20.8 Å². The van der Waals surface area contributed by atoms with Gasteiger partial charge in [0.2, 0.25) is 15.9 Å². The van der Waals surface area contributed by atoms with Crippen LogP contribution in [0.4, 0.5) is 0 Å². The third-order valence-corrected chi connectivity index (χ3v) is 6.49. The number of carbonyl (C=O) groups excluding carboxylic acids is 1. The lowest BCUT2D eigenvalue weighted by molar-refractivity contribution is -0.126. The average molecular weight is 417 g/mol. The van der Waals surface area contributed by atoms with Gasteiger partial charge in [-0.25, -0.2) is 8.42 Å². The lowest BCUT2D eigenvalue weighted by atomic mass is 9.95. The molecule has 1 N–H and O–H groups in total. The molecule has 0 spiro atoms. The van der Waals surface area contributed by atoms with Crippen LogP contribution in [0.2, 0.25) is 5.02 Å². The molecule has 1 aliphatic heterocycles. The third kappa shape index (κ3) is 5.83. The zero-order valence-corrected chi connectivity index (χ0v) is 18.0. The molecule has 1 amide bonds. The maximum atomic E-state index is 13.2. The molecule has 0 bridgehead atoms. The lowest BCUT2D eigenvalue weighted by Crippen LogP contribution is -2.46. The summed E-state index contributed by atoms with van der Waals surface area (Å²) in [5.74, 6) is -0.173. The highest BCUT2D eigenvalue weighted by atomic mass is 35.5. The van der Waals surface area contributed by atoms with Gasteiger partial charge < -0.3 is 10.1 Å². The number of amides is 1. The van der Waals surface area contributed by atoms with Crippen molar-refractivity contribution in [2.75, 3.05) is 26.2 Å². The highest BCUT2D eigenvalue weighted by Gasteiger charge is 2.35. The summed E-state index contributed by atoms with van der Waals surface area (Å²) in [6.45, 7) is 9.36. The number of piperidine rings is 1. The zero-order chi connectivity index (χ0) is 20.2. The van der Waals surface area contributed by atoms with Gasteiger partial charge >= 0.3 is 0 Å². The largest absolute Gasteiger partial charge is 0.492 e. The smallest absolute Gasteiger partial charge is 0.246 e. The first-order valence-electron chi connectivity index (χ1n) is 9.25. The van der Waals surface area contributed by atoms with Gasteiger partial charge in [-0.2, -0.15) is 4.31 Å². The van der Waals surface area contributed by atoms with Crippen molar-refractivity contribution in [1.82, 2.24) is 9.62 Å². The predicted octanol–water partition coefficient (Wildman–Crippen LogP) is 3.30. The van der Waals surface area contributed by atoms with E-state index in [9.17, 15) is 13.2 Å². The number of halogens is 1. The molecule has 1 aromatic rings. The zero-order valence-electron chi connectivity index (χ0n) is 16.4. The molecule has 1 heterocycles. The van der Waals surface area contributed by atoms with E-state index >= 15 is 0 Å². The summed E-state index contributed by atoms with van der Waals surface area (Å²) in [4.78, 5) is 12.5. The lowest BCUT2D eigenvalue weighted by Gasteiger charge is -2.32. The first-order valence-corrected chi connectivity index (χ1v) is 11.1. The van der Waals surface area contributed by atoms with Crippen LogP contribution in [-0.4, -0.2) is 44.9 Å². The summed E-state index contributed by atoms with van der Waals surface area (Å²) in [5.41, 5.74) is -0.0245. The second-order valence-corrected chi connectivity index (χ2v) is 10.3.